The van der Waals surface area contributed by atoms with Crippen LogP contribution in [0.4, 0.5) is 4.39 Å². The van der Waals surface area contributed by atoms with Gasteiger partial charge in [0.2, 0.25) is 0 Å². The first-order chi connectivity index (χ1) is 11.6. The van der Waals surface area contributed by atoms with Crippen LogP contribution in [-0.2, 0) is 4.79 Å². The molecule has 1 aliphatic heterocycles. The highest BCUT2D eigenvalue weighted by atomic mass is 35.5. The minimum absolute atomic E-state index is 0.101. The number of carbonyl (C=O) groups is 1. The molecule has 3 rings (SSSR count). The van der Waals surface area contributed by atoms with Crippen LogP contribution >= 0.6 is 11.6 Å². The van der Waals surface area contributed by atoms with Crippen molar-refractivity contribution in [3.05, 3.63) is 47.5 Å². The largest absolute Gasteiger partial charge is 0.484 e. The van der Waals surface area contributed by atoms with Crippen molar-refractivity contribution < 1.29 is 18.7 Å². The molecule has 1 saturated heterocycles. The monoisotopic (exact) mass is 351 g/mol. The summed E-state index contributed by atoms with van der Waals surface area (Å²) in [5, 5.41) is 0.434. The Hall–Kier alpha value is -2.41. The van der Waals surface area contributed by atoms with Crippen LogP contribution < -0.4 is 9.47 Å². The molecule has 1 amide bonds. The lowest BCUT2D eigenvalue weighted by Crippen LogP contribution is -2.34. The SMILES string of the molecule is O=C(COc1ccc(F)cc1)N1CCC(Oc2ncc(Cl)cn2)C1. The maximum atomic E-state index is 12.8. The van der Waals surface area contributed by atoms with Crippen molar-refractivity contribution in [2.24, 2.45) is 0 Å². The molecule has 0 bridgehead atoms. The fraction of sp³-hybridized carbons (Fsp3) is 0.312. The van der Waals surface area contributed by atoms with E-state index in [0.29, 0.717) is 30.3 Å². The van der Waals surface area contributed by atoms with Crippen molar-refractivity contribution >= 4 is 17.5 Å². The van der Waals surface area contributed by atoms with Gasteiger partial charge in [0.25, 0.3) is 5.91 Å². The Labute approximate surface area is 143 Å². The summed E-state index contributed by atoms with van der Waals surface area (Å²) >= 11 is 5.72. The number of likely N-dealkylation sites (tertiary alicyclic amines) is 1. The quantitative estimate of drug-likeness (QED) is 0.827. The molecule has 1 fully saturated rings. The van der Waals surface area contributed by atoms with Gasteiger partial charge in [-0.25, -0.2) is 14.4 Å². The molecule has 0 aliphatic carbocycles. The van der Waals surface area contributed by atoms with E-state index in [-0.39, 0.29) is 30.4 Å². The molecule has 24 heavy (non-hydrogen) atoms. The summed E-state index contributed by atoms with van der Waals surface area (Å²) in [6.45, 7) is 0.914. The second-order valence-electron chi connectivity index (χ2n) is 5.29. The molecule has 1 unspecified atom stereocenters. The molecule has 0 radical (unpaired) electrons. The fourth-order valence-corrected chi connectivity index (χ4v) is 2.43. The van der Waals surface area contributed by atoms with Crippen molar-refractivity contribution in [1.82, 2.24) is 14.9 Å². The number of hydrogen-bond donors (Lipinski definition) is 0. The molecule has 2 heterocycles. The number of amides is 1. The van der Waals surface area contributed by atoms with Gasteiger partial charge in [-0.1, -0.05) is 11.6 Å². The molecule has 8 heteroatoms. The minimum atomic E-state index is -0.349. The molecule has 2 aromatic rings. The lowest BCUT2D eigenvalue weighted by atomic mass is 10.3. The predicted molar refractivity (Wildman–Crippen MR) is 84.6 cm³/mol. The number of benzene rings is 1. The van der Waals surface area contributed by atoms with Gasteiger partial charge >= 0.3 is 6.01 Å². The van der Waals surface area contributed by atoms with E-state index < -0.39 is 0 Å². The smallest absolute Gasteiger partial charge is 0.316 e. The Bertz CT molecular complexity index is 697. The van der Waals surface area contributed by atoms with Gasteiger partial charge in [-0.15, -0.1) is 0 Å². The first kappa shape index (κ1) is 16.4. The van der Waals surface area contributed by atoms with Crippen molar-refractivity contribution in [2.45, 2.75) is 12.5 Å². The summed E-state index contributed by atoms with van der Waals surface area (Å²) < 4.78 is 23.8. The Balaban J connectivity index is 1.46. The van der Waals surface area contributed by atoms with Gasteiger partial charge < -0.3 is 14.4 Å². The lowest BCUT2D eigenvalue weighted by Gasteiger charge is -2.17. The normalized spacial score (nSPS) is 16.9. The van der Waals surface area contributed by atoms with E-state index >= 15 is 0 Å². The van der Waals surface area contributed by atoms with Gasteiger partial charge in [0.05, 0.1) is 24.0 Å². The third-order valence-corrected chi connectivity index (χ3v) is 3.74. The number of rotatable bonds is 5. The van der Waals surface area contributed by atoms with Crippen LogP contribution in [0.15, 0.2) is 36.7 Å². The van der Waals surface area contributed by atoms with E-state index in [1.54, 1.807) is 4.90 Å². The van der Waals surface area contributed by atoms with Gasteiger partial charge in [0.15, 0.2) is 6.61 Å². The van der Waals surface area contributed by atoms with Crippen LogP contribution in [0, 0.1) is 5.82 Å². The lowest BCUT2D eigenvalue weighted by molar-refractivity contribution is -0.132. The molecule has 6 nitrogen and oxygen atoms in total. The first-order valence-electron chi connectivity index (χ1n) is 7.40. The van der Waals surface area contributed by atoms with Crippen LogP contribution in [0.3, 0.4) is 0 Å². The van der Waals surface area contributed by atoms with Gasteiger partial charge in [-0.3, -0.25) is 4.79 Å². The number of aromatic nitrogens is 2. The molecule has 1 aromatic heterocycles. The predicted octanol–water partition coefficient (Wildman–Crippen LogP) is 2.33. The summed E-state index contributed by atoms with van der Waals surface area (Å²) in [6, 6.07) is 5.77. The van der Waals surface area contributed by atoms with Crippen LogP contribution in [0.2, 0.25) is 5.02 Å². The topological polar surface area (TPSA) is 64.5 Å². The Morgan fingerprint density at radius 1 is 1.29 bits per heavy atom. The van der Waals surface area contributed by atoms with E-state index in [9.17, 15) is 9.18 Å². The molecule has 1 atom stereocenters. The van der Waals surface area contributed by atoms with E-state index in [0.717, 1.165) is 0 Å². The summed E-state index contributed by atoms with van der Waals surface area (Å²) in [7, 11) is 0. The zero-order valence-electron chi connectivity index (χ0n) is 12.7. The molecule has 126 valence electrons. The molecule has 0 spiro atoms. The average molecular weight is 352 g/mol. The first-order valence-corrected chi connectivity index (χ1v) is 7.78. The van der Waals surface area contributed by atoms with Gasteiger partial charge in [-0.2, -0.15) is 0 Å². The highest BCUT2D eigenvalue weighted by Crippen LogP contribution is 2.17. The summed E-state index contributed by atoms with van der Waals surface area (Å²) in [5.74, 6) is -0.0496. The maximum absolute atomic E-state index is 12.8. The third-order valence-electron chi connectivity index (χ3n) is 3.54. The number of halogens is 2. The van der Waals surface area contributed by atoms with Gasteiger partial charge in [0.1, 0.15) is 17.7 Å². The molecular weight excluding hydrogens is 337 g/mol. The van der Waals surface area contributed by atoms with Crippen molar-refractivity contribution in [1.29, 1.82) is 0 Å². The van der Waals surface area contributed by atoms with Gasteiger partial charge in [0, 0.05) is 13.0 Å². The van der Waals surface area contributed by atoms with E-state index in [1.165, 1.54) is 36.7 Å². The summed E-state index contributed by atoms with van der Waals surface area (Å²) in [4.78, 5) is 21.7. The van der Waals surface area contributed by atoms with Crippen LogP contribution in [0.25, 0.3) is 0 Å². The third kappa shape index (κ3) is 4.32. The Morgan fingerprint density at radius 2 is 2.00 bits per heavy atom. The highest BCUT2D eigenvalue weighted by molar-refractivity contribution is 6.30. The number of hydrogen-bond acceptors (Lipinski definition) is 5. The van der Waals surface area contributed by atoms with E-state index in [2.05, 4.69) is 9.97 Å². The zero-order chi connectivity index (χ0) is 16.9. The standard InChI is InChI=1S/C16H15ClFN3O3/c17-11-7-19-16(20-8-11)24-14-5-6-21(9-14)15(22)10-23-13-3-1-12(18)2-4-13/h1-4,7-8,14H,5-6,9-10H2. The molecule has 0 N–H and O–H groups in total. The number of nitrogens with zero attached hydrogens (tertiary/aromatic N) is 3. The highest BCUT2D eigenvalue weighted by Gasteiger charge is 2.28. The Morgan fingerprint density at radius 3 is 2.71 bits per heavy atom. The maximum Gasteiger partial charge on any atom is 0.316 e. The second kappa shape index (κ2) is 7.44. The second-order valence-corrected chi connectivity index (χ2v) is 5.73. The molecule has 0 saturated carbocycles. The van der Waals surface area contributed by atoms with E-state index in [1.807, 2.05) is 0 Å². The van der Waals surface area contributed by atoms with Crippen LogP contribution in [0.5, 0.6) is 11.8 Å². The molecule has 1 aliphatic rings. The van der Waals surface area contributed by atoms with Gasteiger partial charge in [-0.05, 0) is 24.3 Å². The summed E-state index contributed by atoms with van der Waals surface area (Å²) in [6.07, 6.45) is 3.44. The van der Waals surface area contributed by atoms with Crippen molar-refractivity contribution in [2.75, 3.05) is 19.7 Å². The number of carbonyl (C=O) groups excluding carboxylic acids is 1. The minimum Gasteiger partial charge on any atom is -0.484 e. The Kier molecular flexibility index (Phi) is 5.10. The average Bonchev–Trinajstić information content (AvgIpc) is 3.05. The molecule has 1 aromatic carbocycles. The molecular formula is C16H15ClFN3O3. The summed E-state index contributed by atoms with van der Waals surface area (Å²) in [5.41, 5.74) is 0. The number of ether oxygens (including phenoxy) is 2. The fourth-order valence-electron chi connectivity index (χ4n) is 2.33. The van der Waals surface area contributed by atoms with E-state index in [4.69, 9.17) is 21.1 Å². The van der Waals surface area contributed by atoms with Crippen molar-refractivity contribution in [3.8, 4) is 11.8 Å². The van der Waals surface area contributed by atoms with Crippen LogP contribution in [-0.4, -0.2) is 46.6 Å². The van der Waals surface area contributed by atoms with Crippen LogP contribution in [0.1, 0.15) is 6.42 Å². The zero-order valence-corrected chi connectivity index (χ0v) is 13.4. The van der Waals surface area contributed by atoms with Crippen molar-refractivity contribution in [3.63, 3.8) is 0 Å².